The Bertz CT molecular complexity index is 665. The zero-order valence-electron chi connectivity index (χ0n) is 15.3. The largest absolute Gasteiger partial charge is 0.459 e. The van der Waals surface area contributed by atoms with Gasteiger partial charge in [-0.05, 0) is 44.9 Å². The van der Waals surface area contributed by atoms with E-state index >= 15 is 0 Å². The maximum absolute atomic E-state index is 12.7. The molecule has 0 aromatic heterocycles. The molecule has 1 aliphatic rings. The number of unbranched alkanes of at least 4 members (excludes halogenated alkanes) is 1. The Morgan fingerprint density at radius 2 is 1.96 bits per heavy atom. The summed E-state index contributed by atoms with van der Waals surface area (Å²) in [5, 5.41) is 2.93. The van der Waals surface area contributed by atoms with Gasteiger partial charge in [-0.15, -0.1) is 0 Å². The highest BCUT2D eigenvalue weighted by molar-refractivity contribution is 5.95. The molecule has 2 rings (SSSR count). The summed E-state index contributed by atoms with van der Waals surface area (Å²) in [4.78, 5) is 26.9. The number of carbonyl (C=O) groups excluding carboxylic acids is 2. The minimum Gasteiger partial charge on any atom is -0.459 e. The summed E-state index contributed by atoms with van der Waals surface area (Å²) in [6.45, 7) is 8.05. The van der Waals surface area contributed by atoms with Crippen molar-refractivity contribution >= 4 is 17.7 Å². The van der Waals surface area contributed by atoms with Crippen LogP contribution in [0.2, 0.25) is 0 Å². The van der Waals surface area contributed by atoms with Crippen molar-refractivity contribution in [1.29, 1.82) is 0 Å². The van der Waals surface area contributed by atoms with Gasteiger partial charge in [-0.3, -0.25) is 4.90 Å². The van der Waals surface area contributed by atoms with E-state index < -0.39 is 12.0 Å². The van der Waals surface area contributed by atoms with Gasteiger partial charge in [0.15, 0.2) is 0 Å². The van der Waals surface area contributed by atoms with Gasteiger partial charge in [0.25, 0.3) is 0 Å². The quantitative estimate of drug-likeness (QED) is 0.611. The minimum absolute atomic E-state index is 0.200. The smallest absolute Gasteiger partial charge is 0.338 e. The molecule has 6 heteroatoms. The van der Waals surface area contributed by atoms with Crippen molar-refractivity contribution in [2.24, 2.45) is 0 Å². The highest BCUT2D eigenvalue weighted by Gasteiger charge is 2.36. The fourth-order valence-electron chi connectivity index (χ4n) is 2.85. The van der Waals surface area contributed by atoms with Gasteiger partial charge in [0.05, 0.1) is 17.7 Å². The number of nitrogens with zero attached hydrogens (tertiary/aromatic N) is 1. The molecule has 1 atom stereocenters. The van der Waals surface area contributed by atoms with Crippen LogP contribution in [0.4, 0.5) is 10.5 Å². The number of hydrogen-bond donors (Lipinski definition) is 2. The molecule has 0 fully saturated rings. The van der Waals surface area contributed by atoms with Crippen LogP contribution in [0.1, 0.15) is 52.1 Å². The zero-order chi connectivity index (χ0) is 18.6. The van der Waals surface area contributed by atoms with Gasteiger partial charge >= 0.3 is 12.0 Å². The van der Waals surface area contributed by atoms with E-state index in [0.29, 0.717) is 23.5 Å². The van der Waals surface area contributed by atoms with Crippen LogP contribution >= 0.6 is 0 Å². The second-order valence-electron chi connectivity index (χ2n) is 6.51. The number of allylic oxidation sites excluding steroid dienone is 1. The van der Waals surface area contributed by atoms with Crippen molar-refractivity contribution in [2.45, 2.75) is 52.7 Å². The third-order valence-electron chi connectivity index (χ3n) is 4.16. The summed E-state index contributed by atoms with van der Waals surface area (Å²) < 4.78 is 5.42. The molecule has 0 unspecified atom stereocenters. The monoisotopic (exact) mass is 345 g/mol. The highest BCUT2D eigenvalue weighted by Crippen LogP contribution is 2.32. The van der Waals surface area contributed by atoms with E-state index in [2.05, 4.69) is 12.2 Å². The van der Waals surface area contributed by atoms with Gasteiger partial charge in [0.2, 0.25) is 0 Å². The SMILES string of the molecule is CCCCN1C(=O)N[C@H](c2ccc(N)cc2)C(C(=O)OC(C)C)=C1C. The predicted octanol–water partition coefficient (Wildman–Crippen LogP) is 3.36. The molecule has 1 aliphatic heterocycles. The molecular formula is C19H27N3O3. The van der Waals surface area contributed by atoms with Crippen LogP contribution in [-0.4, -0.2) is 29.5 Å². The van der Waals surface area contributed by atoms with E-state index in [0.717, 1.165) is 18.4 Å². The highest BCUT2D eigenvalue weighted by atomic mass is 16.5. The molecule has 2 amide bonds. The van der Waals surface area contributed by atoms with Crippen LogP contribution in [0, 0.1) is 0 Å². The molecule has 136 valence electrons. The van der Waals surface area contributed by atoms with E-state index in [-0.39, 0.29) is 12.1 Å². The molecule has 1 aromatic carbocycles. The van der Waals surface area contributed by atoms with Crippen LogP contribution < -0.4 is 11.1 Å². The van der Waals surface area contributed by atoms with Gasteiger partial charge < -0.3 is 15.8 Å². The number of amides is 2. The number of esters is 1. The Kier molecular flexibility index (Phi) is 6.07. The van der Waals surface area contributed by atoms with Gasteiger partial charge in [-0.1, -0.05) is 25.5 Å². The number of nitrogens with two attached hydrogens (primary N) is 1. The fourth-order valence-corrected chi connectivity index (χ4v) is 2.85. The number of hydrogen-bond acceptors (Lipinski definition) is 4. The first kappa shape index (κ1) is 18.8. The summed E-state index contributed by atoms with van der Waals surface area (Å²) >= 11 is 0. The number of nitrogens with one attached hydrogen (secondary N) is 1. The van der Waals surface area contributed by atoms with Gasteiger partial charge in [-0.25, -0.2) is 9.59 Å². The second-order valence-corrected chi connectivity index (χ2v) is 6.51. The molecule has 3 N–H and O–H groups in total. The summed E-state index contributed by atoms with van der Waals surface area (Å²) in [6.07, 6.45) is 1.59. The van der Waals surface area contributed by atoms with Gasteiger partial charge in [0, 0.05) is 17.9 Å². The molecule has 0 spiro atoms. The van der Waals surface area contributed by atoms with Crippen molar-refractivity contribution < 1.29 is 14.3 Å². The third kappa shape index (κ3) is 4.32. The maximum Gasteiger partial charge on any atom is 0.338 e. The predicted molar refractivity (Wildman–Crippen MR) is 97.7 cm³/mol. The Hall–Kier alpha value is -2.50. The average Bonchev–Trinajstić information content (AvgIpc) is 2.54. The number of benzene rings is 1. The lowest BCUT2D eigenvalue weighted by atomic mass is 9.94. The number of urea groups is 1. The maximum atomic E-state index is 12.7. The van der Waals surface area contributed by atoms with Crippen molar-refractivity contribution in [3.05, 3.63) is 41.1 Å². The molecular weight excluding hydrogens is 318 g/mol. The number of ether oxygens (including phenoxy) is 1. The molecule has 1 heterocycles. The van der Waals surface area contributed by atoms with E-state index in [4.69, 9.17) is 10.5 Å². The molecule has 25 heavy (non-hydrogen) atoms. The van der Waals surface area contributed by atoms with Crippen LogP contribution in [0.3, 0.4) is 0 Å². The minimum atomic E-state index is -0.544. The van der Waals surface area contributed by atoms with E-state index in [1.807, 2.05) is 26.0 Å². The Balaban J connectivity index is 2.46. The molecule has 0 aliphatic carbocycles. The first-order valence-electron chi connectivity index (χ1n) is 8.70. The van der Waals surface area contributed by atoms with E-state index in [9.17, 15) is 9.59 Å². The molecule has 0 bridgehead atoms. The number of anilines is 1. The first-order valence-corrected chi connectivity index (χ1v) is 8.70. The molecule has 0 saturated carbocycles. The Morgan fingerprint density at radius 3 is 2.52 bits per heavy atom. The van der Waals surface area contributed by atoms with E-state index in [1.165, 1.54) is 0 Å². The fraction of sp³-hybridized carbons (Fsp3) is 0.474. The van der Waals surface area contributed by atoms with Crippen LogP contribution in [0.5, 0.6) is 0 Å². The Morgan fingerprint density at radius 1 is 1.32 bits per heavy atom. The average molecular weight is 345 g/mol. The van der Waals surface area contributed by atoms with Crippen molar-refractivity contribution in [3.63, 3.8) is 0 Å². The van der Waals surface area contributed by atoms with Crippen LogP contribution in [0.15, 0.2) is 35.5 Å². The molecule has 6 nitrogen and oxygen atoms in total. The molecule has 1 aromatic rings. The lowest BCUT2D eigenvalue weighted by Gasteiger charge is -2.35. The summed E-state index contributed by atoms with van der Waals surface area (Å²) in [7, 11) is 0. The van der Waals surface area contributed by atoms with Crippen molar-refractivity contribution in [3.8, 4) is 0 Å². The second kappa shape index (κ2) is 8.05. The van der Waals surface area contributed by atoms with Gasteiger partial charge in [0.1, 0.15) is 0 Å². The number of rotatable bonds is 6. The summed E-state index contributed by atoms with van der Waals surface area (Å²) in [6, 6.07) is 6.40. The summed E-state index contributed by atoms with van der Waals surface area (Å²) in [5.74, 6) is -0.407. The third-order valence-corrected chi connectivity index (χ3v) is 4.16. The van der Waals surface area contributed by atoms with Gasteiger partial charge in [-0.2, -0.15) is 0 Å². The normalized spacial score (nSPS) is 17.7. The molecule has 0 saturated heterocycles. The standard InChI is InChI=1S/C19H27N3O3/c1-5-6-11-22-13(4)16(18(23)25-12(2)3)17(21-19(22)24)14-7-9-15(20)10-8-14/h7-10,12,17H,5-6,11,20H2,1-4H3,(H,21,24)/t17-/m1/s1. The zero-order valence-corrected chi connectivity index (χ0v) is 15.3. The van der Waals surface area contributed by atoms with Crippen LogP contribution in [0.25, 0.3) is 0 Å². The lowest BCUT2D eigenvalue weighted by Crippen LogP contribution is -2.48. The van der Waals surface area contributed by atoms with Crippen LogP contribution in [-0.2, 0) is 9.53 Å². The Labute approximate surface area is 149 Å². The number of carbonyl (C=O) groups is 2. The molecule has 0 radical (unpaired) electrons. The van der Waals surface area contributed by atoms with Crippen molar-refractivity contribution in [1.82, 2.24) is 10.2 Å². The first-order chi connectivity index (χ1) is 11.8. The van der Waals surface area contributed by atoms with Crippen molar-refractivity contribution in [2.75, 3.05) is 12.3 Å². The van der Waals surface area contributed by atoms with E-state index in [1.54, 1.807) is 24.0 Å². The number of nitrogen functional groups attached to an aromatic ring is 1. The topological polar surface area (TPSA) is 84.7 Å². The lowest BCUT2D eigenvalue weighted by molar-refractivity contribution is -0.143. The summed E-state index contributed by atoms with van der Waals surface area (Å²) in [5.41, 5.74) is 8.29.